The highest BCUT2D eigenvalue weighted by molar-refractivity contribution is 5.79. The Hall–Kier alpha value is -0.850. The summed E-state index contributed by atoms with van der Waals surface area (Å²) in [6, 6.07) is 1.19. The molecular weight excluding hydrogens is 278 g/mol. The topological polar surface area (TPSA) is 52.1 Å². The summed E-state index contributed by atoms with van der Waals surface area (Å²) < 4.78 is 5.08. The summed E-state index contributed by atoms with van der Waals surface area (Å²) in [5.41, 5.74) is 0. The minimum atomic E-state index is 0.535. The van der Waals surface area contributed by atoms with Crippen molar-refractivity contribution in [2.24, 2.45) is 4.99 Å². The maximum absolute atomic E-state index is 5.08. The molecule has 1 heterocycles. The van der Waals surface area contributed by atoms with Crippen LogP contribution in [0, 0.1) is 0 Å². The first-order valence-corrected chi connectivity index (χ1v) is 8.45. The molecule has 1 aliphatic heterocycles. The zero-order valence-electron chi connectivity index (χ0n) is 15.1. The van der Waals surface area contributed by atoms with Gasteiger partial charge in [0.1, 0.15) is 0 Å². The van der Waals surface area contributed by atoms with Gasteiger partial charge in [0.15, 0.2) is 5.96 Å². The maximum atomic E-state index is 5.08. The van der Waals surface area contributed by atoms with Crippen LogP contribution in [0.15, 0.2) is 4.99 Å². The number of nitrogens with one attached hydrogen (secondary N) is 2. The van der Waals surface area contributed by atoms with Gasteiger partial charge in [-0.1, -0.05) is 0 Å². The molecule has 1 saturated heterocycles. The summed E-state index contributed by atoms with van der Waals surface area (Å²) in [6.07, 6.45) is 2.37. The molecule has 2 N–H and O–H groups in total. The van der Waals surface area contributed by atoms with Gasteiger partial charge in [0.05, 0.1) is 6.61 Å². The lowest BCUT2D eigenvalue weighted by molar-refractivity contribution is 0.162. The minimum Gasteiger partial charge on any atom is -0.383 e. The third-order valence-electron chi connectivity index (χ3n) is 4.29. The summed E-state index contributed by atoms with van der Waals surface area (Å²) >= 11 is 0. The van der Waals surface area contributed by atoms with Gasteiger partial charge in [-0.15, -0.1) is 0 Å². The normalized spacial score (nSPS) is 18.2. The largest absolute Gasteiger partial charge is 0.383 e. The average molecular weight is 313 g/mol. The van der Waals surface area contributed by atoms with Crippen LogP contribution in [-0.2, 0) is 4.74 Å². The third kappa shape index (κ3) is 7.42. The van der Waals surface area contributed by atoms with Crippen molar-refractivity contribution in [1.82, 2.24) is 20.4 Å². The van der Waals surface area contributed by atoms with Crippen LogP contribution in [0.4, 0.5) is 0 Å². The fraction of sp³-hybridized carbons (Fsp3) is 0.938. The molecule has 0 spiro atoms. The molecule has 130 valence electrons. The predicted octanol–water partition coefficient (Wildman–Crippen LogP) is 0.602. The number of piperidine rings is 1. The van der Waals surface area contributed by atoms with Gasteiger partial charge in [0.25, 0.3) is 0 Å². The Labute approximate surface area is 136 Å². The molecule has 0 radical (unpaired) electrons. The first-order chi connectivity index (χ1) is 10.6. The molecule has 22 heavy (non-hydrogen) atoms. The number of hydrogen-bond acceptors (Lipinski definition) is 4. The fourth-order valence-corrected chi connectivity index (χ4v) is 2.67. The second-order valence-electron chi connectivity index (χ2n) is 6.34. The molecule has 1 aliphatic rings. The zero-order valence-corrected chi connectivity index (χ0v) is 15.1. The summed E-state index contributed by atoms with van der Waals surface area (Å²) in [5.74, 6) is 0.920. The van der Waals surface area contributed by atoms with E-state index < -0.39 is 0 Å². The van der Waals surface area contributed by atoms with Gasteiger partial charge in [-0.05, 0) is 33.7 Å². The lowest BCUT2D eigenvalue weighted by Crippen LogP contribution is -2.50. The molecule has 0 unspecified atom stereocenters. The lowest BCUT2D eigenvalue weighted by Gasteiger charge is -2.35. The summed E-state index contributed by atoms with van der Waals surface area (Å²) in [6.45, 7) is 10.5. The smallest absolute Gasteiger partial charge is 0.191 e. The Morgan fingerprint density at radius 2 is 2.00 bits per heavy atom. The molecule has 0 amide bonds. The molecule has 0 aliphatic carbocycles. The SMILES string of the molecule is CN=C(NCCN(C)CCOC)NC1CCN(C(C)C)CC1. The first-order valence-electron chi connectivity index (χ1n) is 8.45. The predicted molar refractivity (Wildman–Crippen MR) is 93.6 cm³/mol. The number of rotatable bonds is 8. The van der Waals surface area contributed by atoms with Gasteiger partial charge in [-0.2, -0.15) is 0 Å². The Morgan fingerprint density at radius 1 is 1.32 bits per heavy atom. The third-order valence-corrected chi connectivity index (χ3v) is 4.29. The van der Waals surface area contributed by atoms with Gasteiger partial charge in [0, 0.05) is 59.0 Å². The number of methoxy groups -OCH3 is 1. The Balaban J connectivity index is 2.20. The highest BCUT2D eigenvalue weighted by Gasteiger charge is 2.21. The van der Waals surface area contributed by atoms with Crippen molar-refractivity contribution in [2.45, 2.75) is 38.8 Å². The molecule has 1 fully saturated rings. The molecule has 0 bridgehead atoms. The highest BCUT2D eigenvalue weighted by Crippen LogP contribution is 2.12. The second-order valence-corrected chi connectivity index (χ2v) is 6.34. The Morgan fingerprint density at radius 3 is 2.55 bits per heavy atom. The van der Waals surface area contributed by atoms with E-state index in [2.05, 4.69) is 46.3 Å². The number of nitrogens with zero attached hydrogens (tertiary/aromatic N) is 3. The van der Waals surface area contributed by atoms with Gasteiger partial charge in [-0.3, -0.25) is 4.99 Å². The first kappa shape index (κ1) is 19.2. The van der Waals surface area contributed by atoms with E-state index in [-0.39, 0.29) is 0 Å². The minimum absolute atomic E-state index is 0.535. The quantitative estimate of drug-likeness (QED) is 0.508. The molecule has 1 rings (SSSR count). The van der Waals surface area contributed by atoms with E-state index in [0.717, 1.165) is 32.2 Å². The number of likely N-dealkylation sites (N-methyl/N-ethyl adjacent to an activating group) is 1. The molecule has 0 aromatic heterocycles. The van der Waals surface area contributed by atoms with Crippen molar-refractivity contribution in [2.75, 3.05) is 60.5 Å². The van der Waals surface area contributed by atoms with Crippen molar-refractivity contribution in [3.8, 4) is 0 Å². The highest BCUT2D eigenvalue weighted by atomic mass is 16.5. The van der Waals surface area contributed by atoms with Crippen LogP contribution < -0.4 is 10.6 Å². The molecule has 0 aromatic carbocycles. The number of likely N-dealkylation sites (tertiary alicyclic amines) is 1. The lowest BCUT2D eigenvalue weighted by atomic mass is 10.0. The van der Waals surface area contributed by atoms with Crippen molar-refractivity contribution in [3.63, 3.8) is 0 Å². The number of aliphatic imine (C=N–C) groups is 1. The summed E-state index contributed by atoms with van der Waals surface area (Å²) in [4.78, 5) is 9.13. The van der Waals surface area contributed by atoms with Crippen molar-refractivity contribution >= 4 is 5.96 Å². The van der Waals surface area contributed by atoms with Crippen LogP contribution >= 0.6 is 0 Å². The van der Waals surface area contributed by atoms with Crippen LogP contribution in [0.5, 0.6) is 0 Å². The van der Waals surface area contributed by atoms with Crippen LogP contribution in [-0.4, -0.2) is 88.4 Å². The Kier molecular flexibility index (Phi) is 9.43. The second kappa shape index (κ2) is 10.8. The number of hydrogen-bond donors (Lipinski definition) is 2. The fourth-order valence-electron chi connectivity index (χ4n) is 2.67. The number of guanidine groups is 1. The van der Waals surface area contributed by atoms with Gasteiger partial charge in [-0.25, -0.2) is 0 Å². The van der Waals surface area contributed by atoms with E-state index in [0.29, 0.717) is 12.1 Å². The van der Waals surface area contributed by atoms with Crippen LogP contribution in [0.25, 0.3) is 0 Å². The monoisotopic (exact) mass is 313 g/mol. The van der Waals surface area contributed by atoms with E-state index in [1.165, 1.54) is 25.9 Å². The van der Waals surface area contributed by atoms with E-state index in [9.17, 15) is 0 Å². The summed E-state index contributed by atoms with van der Waals surface area (Å²) in [7, 11) is 5.69. The zero-order chi connectivity index (χ0) is 16.4. The molecular formula is C16H35N5O. The van der Waals surface area contributed by atoms with E-state index in [1.54, 1.807) is 7.11 Å². The average Bonchev–Trinajstić information content (AvgIpc) is 2.52. The van der Waals surface area contributed by atoms with E-state index in [4.69, 9.17) is 4.74 Å². The molecule has 0 aromatic rings. The molecule has 6 heteroatoms. The van der Waals surface area contributed by atoms with E-state index in [1.807, 2.05) is 7.05 Å². The standard InChI is InChI=1S/C16H35N5O/c1-14(2)21-9-6-15(7-10-21)19-16(17-3)18-8-11-20(4)12-13-22-5/h14-15H,6-13H2,1-5H3,(H2,17,18,19). The van der Waals surface area contributed by atoms with Crippen molar-refractivity contribution in [1.29, 1.82) is 0 Å². The van der Waals surface area contributed by atoms with Crippen molar-refractivity contribution < 1.29 is 4.74 Å². The van der Waals surface area contributed by atoms with Crippen LogP contribution in [0.2, 0.25) is 0 Å². The number of ether oxygens (including phenoxy) is 1. The van der Waals surface area contributed by atoms with Crippen molar-refractivity contribution in [3.05, 3.63) is 0 Å². The maximum Gasteiger partial charge on any atom is 0.191 e. The van der Waals surface area contributed by atoms with Gasteiger partial charge in [0.2, 0.25) is 0 Å². The van der Waals surface area contributed by atoms with Crippen LogP contribution in [0.1, 0.15) is 26.7 Å². The van der Waals surface area contributed by atoms with Gasteiger partial charge >= 0.3 is 0 Å². The molecule has 0 atom stereocenters. The summed E-state index contributed by atoms with van der Waals surface area (Å²) in [5, 5.41) is 6.95. The van der Waals surface area contributed by atoms with Gasteiger partial charge < -0.3 is 25.2 Å². The molecule has 6 nitrogen and oxygen atoms in total. The molecule has 0 saturated carbocycles. The van der Waals surface area contributed by atoms with Crippen LogP contribution in [0.3, 0.4) is 0 Å². The Bertz CT molecular complexity index is 314. The van der Waals surface area contributed by atoms with E-state index >= 15 is 0 Å².